The first-order valence-corrected chi connectivity index (χ1v) is 13.2. The van der Waals surface area contributed by atoms with Gasteiger partial charge in [-0.05, 0) is 47.4 Å². The third-order valence-electron chi connectivity index (χ3n) is 5.47. The molecule has 0 bridgehead atoms. The maximum atomic E-state index is 13.6. The van der Waals surface area contributed by atoms with Gasteiger partial charge in [-0.1, -0.05) is 95.4 Å². The molecule has 190 valence electrons. The molecule has 0 fully saturated rings. The molecule has 1 N–H and O–H groups in total. The molecule has 0 saturated heterocycles. The fourth-order valence-electron chi connectivity index (χ4n) is 3.58. The monoisotopic (exact) mass is 590 g/mol. The summed E-state index contributed by atoms with van der Waals surface area (Å²) in [5, 5.41) is 3.79. The second kappa shape index (κ2) is 13.7. The Kier molecular flexibility index (Phi) is 10.7. The number of carbonyl (C=O) groups excluding carboxylic acids is 2. The summed E-state index contributed by atoms with van der Waals surface area (Å²) >= 11 is 15.6. The first-order valence-electron chi connectivity index (χ1n) is 11.7. The number of nitrogens with one attached hydrogen (secondary N) is 1. The first-order chi connectivity index (χ1) is 17.2. The molecule has 0 heterocycles. The summed E-state index contributed by atoms with van der Waals surface area (Å²) in [5.74, 6) is 0.0892. The fourth-order valence-corrected chi connectivity index (χ4v) is 4.31. The van der Waals surface area contributed by atoms with Crippen molar-refractivity contribution in [1.29, 1.82) is 0 Å². The van der Waals surface area contributed by atoms with Gasteiger partial charge in [0.1, 0.15) is 11.8 Å². The van der Waals surface area contributed by atoms with E-state index < -0.39 is 6.04 Å². The van der Waals surface area contributed by atoms with Gasteiger partial charge in [-0.3, -0.25) is 9.59 Å². The molecule has 2 amide bonds. The molecule has 3 aromatic carbocycles. The highest BCUT2D eigenvalue weighted by Crippen LogP contribution is 2.27. The highest BCUT2D eigenvalue weighted by Gasteiger charge is 2.30. The average molecular weight is 592 g/mol. The van der Waals surface area contributed by atoms with E-state index >= 15 is 0 Å². The van der Waals surface area contributed by atoms with Gasteiger partial charge >= 0.3 is 0 Å². The van der Waals surface area contributed by atoms with Crippen molar-refractivity contribution >= 4 is 50.9 Å². The lowest BCUT2D eigenvalue weighted by Crippen LogP contribution is -2.52. The molecule has 8 heteroatoms. The third-order valence-corrected chi connectivity index (χ3v) is 6.53. The summed E-state index contributed by atoms with van der Waals surface area (Å²) < 4.78 is 6.68. The molecule has 0 aromatic heterocycles. The van der Waals surface area contributed by atoms with E-state index in [0.717, 1.165) is 15.6 Å². The van der Waals surface area contributed by atoms with E-state index in [1.165, 1.54) is 0 Å². The Hall–Kier alpha value is -2.54. The molecule has 3 aromatic rings. The van der Waals surface area contributed by atoms with Crippen molar-refractivity contribution in [1.82, 2.24) is 10.2 Å². The molecule has 36 heavy (non-hydrogen) atoms. The summed E-state index contributed by atoms with van der Waals surface area (Å²) in [7, 11) is 0. The summed E-state index contributed by atoms with van der Waals surface area (Å²) in [6.45, 7) is 4.54. The van der Waals surface area contributed by atoms with Crippen molar-refractivity contribution in [3.63, 3.8) is 0 Å². The predicted octanol–water partition coefficient (Wildman–Crippen LogP) is 6.55. The molecule has 0 spiro atoms. The van der Waals surface area contributed by atoms with Gasteiger partial charge in [0.2, 0.25) is 5.91 Å². The second-order valence-electron chi connectivity index (χ2n) is 8.86. The minimum atomic E-state index is -0.730. The number of carbonyl (C=O) groups is 2. The Morgan fingerprint density at radius 3 is 2.31 bits per heavy atom. The van der Waals surface area contributed by atoms with Gasteiger partial charge in [0.05, 0.1) is 5.02 Å². The highest BCUT2D eigenvalue weighted by molar-refractivity contribution is 9.10. The van der Waals surface area contributed by atoms with E-state index in [1.807, 2.05) is 68.4 Å². The van der Waals surface area contributed by atoms with E-state index in [0.29, 0.717) is 28.8 Å². The Morgan fingerprint density at radius 2 is 1.67 bits per heavy atom. The Bertz CT molecular complexity index is 1160. The molecule has 0 unspecified atom stereocenters. The van der Waals surface area contributed by atoms with Gasteiger partial charge in [0.25, 0.3) is 5.91 Å². The number of rotatable bonds is 11. The molecule has 3 rings (SSSR count). The lowest BCUT2D eigenvalue weighted by atomic mass is 10.0. The lowest BCUT2D eigenvalue weighted by Gasteiger charge is -2.31. The van der Waals surface area contributed by atoms with Gasteiger partial charge < -0.3 is 15.0 Å². The zero-order chi connectivity index (χ0) is 26.1. The van der Waals surface area contributed by atoms with E-state index in [1.54, 1.807) is 23.1 Å². The van der Waals surface area contributed by atoms with Crippen LogP contribution in [0.1, 0.15) is 25.0 Å². The quantitative estimate of drug-likeness (QED) is 0.275. The molecule has 0 aliphatic carbocycles. The van der Waals surface area contributed by atoms with Crippen LogP contribution in [0.2, 0.25) is 10.0 Å². The van der Waals surface area contributed by atoms with E-state index in [4.69, 9.17) is 27.9 Å². The van der Waals surface area contributed by atoms with Crippen molar-refractivity contribution in [3.8, 4) is 5.75 Å². The zero-order valence-corrected chi connectivity index (χ0v) is 23.3. The van der Waals surface area contributed by atoms with Gasteiger partial charge in [-0.25, -0.2) is 0 Å². The normalized spacial score (nSPS) is 11.7. The number of hydrogen-bond donors (Lipinski definition) is 1. The van der Waals surface area contributed by atoms with Crippen LogP contribution in [0.4, 0.5) is 0 Å². The molecule has 1 atom stereocenters. The minimum absolute atomic E-state index is 0.206. The number of hydrogen-bond acceptors (Lipinski definition) is 3. The number of benzene rings is 3. The van der Waals surface area contributed by atoms with Crippen molar-refractivity contribution in [2.75, 3.05) is 13.2 Å². The first kappa shape index (κ1) is 28.0. The van der Waals surface area contributed by atoms with Crippen LogP contribution in [-0.4, -0.2) is 35.9 Å². The Morgan fingerprint density at radius 1 is 0.972 bits per heavy atom. The maximum absolute atomic E-state index is 13.6. The van der Waals surface area contributed by atoms with E-state index in [2.05, 4.69) is 21.2 Å². The van der Waals surface area contributed by atoms with Gasteiger partial charge in [-0.2, -0.15) is 0 Å². The molecule has 5 nitrogen and oxygen atoms in total. The van der Waals surface area contributed by atoms with Gasteiger partial charge in [-0.15, -0.1) is 0 Å². The number of amides is 2. The maximum Gasteiger partial charge on any atom is 0.261 e. The minimum Gasteiger partial charge on any atom is -0.482 e. The topological polar surface area (TPSA) is 58.6 Å². The summed E-state index contributed by atoms with van der Waals surface area (Å²) in [4.78, 5) is 28.6. The Labute approximate surface area is 230 Å². The van der Waals surface area contributed by atoms with Crippen molar-refractivity contribution in [2.45, 2.75) is 32.9 Å². The van der Waals surface area contributed by atoms with Crippen LogP contribution in [0.3, 0.4) is 0 Å². The average Bonchev–Trinajstić information content (AvgIpc) is 2.85. The predicted molar refractivity (Wildman–Crippen MR) is 148 cm³/mol. The molecular formula is C28H29BrCl2N2O3. The molecule has 0 radical (unpaired) electrons. The van der Waals surface area contributed by atoms with E-state index in [-0.39, 0.29) is 30.9 Å². The van der Waals surface area contributed by atoms with Crippen molar-refractivity contribution < 1.29 is 14.3 Å². The van der Waals surface area contributed by atoms with Crippen LogP contribution in [0, 0.1) is 5.92 Å². The molecule has 0 aliphatic heterocycles. The summed E-state index contributed by atoms with van der Waals surface area (Å²) in [6.07, 6.45) is 0.370. The SMILES string of the molecule is CC(C)CNC(=O)[C@@H](Cc1ccccc1)N(Cc1ccc(Br)cc1)C(=O)COc1ccc(Cl)cc1Cl. The number of halogens is 3. The highest BCUT2D eigenvalue weighted by atomic mass is 79.9. The standard InChI is InChI=1S/C28H29BrCl2N2O3/c1-19(2)16-32-28(35)25(14-20-6-4-3-5-7-20)33(17-21-8-10-22(29)11-9-21)27(34)18-36-26-13-12-23(30)15-24(26)31/h3-13,15,19,25H,14,16-18H2,1-2H3,(H,32,35)/t25-/m1/s1. The van der Waals surface area contributed by atoms with Crippen molar-refractivity contribution in [2.24, 2.45) is 5.92 Å². The summed E-state index contributed by atoms with van der Waals surface area (Å²) in [5.41, 5.74) is 1.85. The van der Waals surface area contributed by atoms with Gasteiger partial charge in [0, 0.05) is 29.0 Å². The third kappa shape index (κ3) is 8.54. The van der Waals surface area contributed by atoms with Crippen LogP contribution in [0.15, 0.2) is 77.3 Å². The van der Waals surface area contributed by atoms with E-state index in [9.17, 15) is 9.59 Å². The van der Waals surface area contributed by atoms with Crippen LogP contribution in [-0.2, 0) is 22.6 Å². The molecular weight excluding hydrogens is 563 g/mol. The van der Waals surface area contributed by atoms with Crippen LogP contribution < -0.4 is 10.1 Å². The number of nitrogens with zero attached hydrogens (tertiary/aromatic N) is 1. The Balaban J connectivity index is 1.90. The van der Waals surface area contributed by atoms with Crippen LogP contribution >= 0.6 is 39.1 Å². The second-order valence-corrected chi connectivity index (χ2v) is 10.6. The summed E-state index contributed by atoms with van der Waals surface area (Å²) in [6, 6.07) is 21.4. The lowest BCUT2D eigenvalue weighted by molar-refractivity contribution is -0.142. The number of ether oxygens (including phenoxy) is 1. The van der Waals surface area contributed by atoms with Crippen molar-refractivity contribution in [3.05, 3.63) is 98.4 Å². The van der Waals surface area contributed by atoms with Crippen LogP contribution in [0.5, 0.6) is 5.75 Å². The molecule has 0 aliphatic rings. The zero-order valence-electron chi connectivity index (χ0n) is 20.2. The van der Waals surface area contributed by atoms with Gasteiger partial charge in [0.15, 0.2) is 6.61 Å². The fraction of sp³-hybridized carbons (Fsp3) is 0.286. The largest absolute Gasteiger partial charge is 0.482 e. The smallest absolute Gasteiger partial charge is 0.261 e. The van der Waals surface area contributed by atoms with Crippen LogP contribution in [0.25, 0.3) is 0 Å². The molecule has 0 saturated carbocycles.